The predicted octanol–water partition coefficient (Wildman–Crippen LogP) is 1.32. The van der Waals surface area contributed by atoms with Gasteiger partial charge in [0.15, 0.2) is 0 Å². The molecular weight excluding hydrogens is 232 g/mol. The molecule has 0 heterocycles. The van der Waals surface area contributed by atoms with E-state index in [1.807, 2.05) is 0 Å². The van der Waals surface area contributed by atoms with Gasteiger partial charge in [-0.2, -0.15) is 0 Å². The van der Waals surface area contributed by atoms with Crippen LogP contribution in [0.2, 0.25) is 5.02 Å². The van der Waals surface area contributed by atoms with Gasteiger partial charge < -0.3 is 16.2 Å². The van der Waals surface area contributed by atoms with Gasteiger partial charge in [-0.05, 0) is 19.1 Å². The zero-order valence-corrected chi connectivity index (χ0v) is 9.28. The van der Waals surface area contributed by atoms with Gasteiger partial charge in [0.05, 0.1) is 16.8 Å². The summed E-state index contributed by atoms with van der Waals surface area (Å²) in [5.74, 6) is -1.67. The molecule has 0 aliphatic carbocycles. The van der Waals surface area contributed by atoms with Crippen LogP contribution in [0.3, 0.4) is 0 Å². The average Bonchev–Trinajstić information content (AvgIpc) is 2.16. The molecule has 16 heavy (non-hydrogen) atoms. The van der Waals surface area contributed by atoms with Crippen molar-refractivity contribution in [3.8, 4) is 0 Å². The number of amides is 1. The largest absolute Gasteiger partial charge is 0.478 e. The van der Waals surface area contributed by atoms with Crippen molar-refractivity contribution in [3.63, 3.8) is 0 Å². The van der Waals surface area contributed by atoms with Crippen LogP contribution >= 0.6 is 11.6 Å². The molecule has 0 fully saturated rings. The van der Waals surface area contributed by atoms with Gasteiger partial charge >= 0.3 is 5.97 Å². The molecule has 0 aliphatic heterocycles. The Morgan fingerprint density at radius 2 is 2.12 bits per heavy atom. The molecule has 5 nitrogen and oxygen atoms in total. The van der Waals surface area contributed by atoms with E-state index in [9.17, 15) is 9.59 Å². The van der Waals surface area contributed by atoms with Crippen molar-refractivity contribution < 1.29 is 14.7 Å². The third-order valence-electron chi connectivity index (χ3n) is 1.90. The first-order valence-electron chi connectivity index (χ1n) is 4.51. The molecule has 0 aromatic heterocycles. The van der Waals surface area contributed by atoms with E-state index in [0.717, 1.165) is 0 Å². The summed E-state index contributed by atoms with van der Waals surface area (Å²) in [6, 6.07) is 3.72. The van der Waals surface area contributed by atoms with Crippen molar-refractivity contribution in [3.05, 3.63) is 28.8 Å². The van der Waals surface area contributed by atoms with E-state index < -0.39 is 17.9 Å². The monoisotopic (exact) mass is 242 g/mol. The van der Waals surface area contributed by atoms with Crippen LogP contribution in [0.25, 0.3) is 0 Å². The number of nitrogens with one attached hydrogen (secondary N) is 1. The Hall–Kier alpha value is -1.59. The molecule has 0 aliphatic rings. The first-order valence-corrected chi connectivity index (χ1v) is 4.89. The second-order valence-electron chi connectivity index (χ2n) is 3.25. The van der Waals surface area contributed by atoms with Crippen molar-refractivity contribution in [1.29, 1.82) is 0 Å². The number of carboxylic acids is 1. The molecule has 4 N–H and O–H groups in total. The number of carbonyl (C=O) groups excluding carboxylic acids is 1. The fourth-order valence-corrected chi connectivity index (χ4v) is 1.35. The van der Waals surface area contributed by atoms with E-state index in [0.29, 0.717) is 0 Å². The first-order chi connectivity index (χ1) is 7.43. The Kier molecular flexibility index (Phi) is 3.87. The van der Waals surface area contributed by atoms with Gasteiger partial charge in [-0.25, -0.2) is 4.79 Å². The summed E-state index contributed by atoms with van der Waals surface area (Å²) in [6.45, 7) is 1.50. The van der Waals surface area contributed by atoms with Crippen LogP contribution in [0.1, 0.15) is 17.3 Å². The minimum atomic E-state index is -1.20. The lowest BCUT2D eigenvalue weighted by atomic mass is 10.1. The lowest BCUT2D eigenvalue weighted by Crippen LogP contribution is -2.33. The van der Waals surface area contributed by atoms with Crippen LogP contribution in [0.4, 0.5) is 5.69 Å². The molecule has 0 unspecified atom stereocenters. The van der Waals surface area contributed by atoms with Crippen LogP contribution in [0.15, 0.2) is 18.2 Å². The second-order valence-corrected chi connectivity index (χ2v) is 3.65. The molecule has 86 valence electrons. The number of halogens is 1. The average molecular weight is 243 g/mol. The zero-order valence-electron chi connectivity index (χ0n) is 8.53. The highest BCUT2D eigenvalue weighted by Gasteiger charge is 2.17. The normalized spacial score (nSPS) is 11.9. The van der Waals surface area contributed by atoms with Gasteiger partial charge in [0, 0.05) is 0 Å². The van der Waals surface area contributed by atoms with Crippen LogP contribution in [0, 0.1) is 0 Å². The van der Waals surface area contributed by atoms with Crippen molar-refractivity contribution in [2.24, 2.45) is 5.73 Å². The van der Waals surface area contributed by atoms with Crippen molar-refractivity contribution in [1.82, 2.24) is 0 Å². The summed E-state index contributed by atoms with van der Waals surface area (Å²) >= 11 is 5.72. The van der Waals surface area contributed by atoms with E-state index in [1.54, 1.807) is 6.07 Å². The number of nitrogens with two attached hydrogens (primary N) is 1. The van der Waals surface area contributed by atoms with Gasteiger partial charge in [0.2, 0.25) is 5.91 Å². The maximum absolute atomic E-state index is 11.3. The van der Waals surface area contributed by atoms with Crippen LogP contribution in [0.5, 0.6) is 0 Å². The SMILES string of the molecule is C[C@@H](N)C(=O)Nc1cccc(Cl)c1C(=O)O. The van der Waals surface area contributed by atoms with Crippen molar-refractivity contribution in [2.75, 3.05) is 5.32 Å². The second kappa shape index (κ2) is 4.96. The maximum Gasteiger partial charge on any atom is 0.339 e. The van der Waals surface area contributed by atoms with E-state index in [4.69, 9.17) is 22.4 Å². The zero-order chi connectivity index (χ0) is 12.3. The number of hydrogen-bond acceptors (Lipinski definition) is 3. The molecule has 1 aromatic rings. The Labute approximate surface area is 97.2 Å². The summed E-state index contributed by atoms with van der Waals surface area (Å²) in [7, 11) is 0. The summed E-state index contributed by atoms with van der Waals surface area (Å²) in [4.78, 5) is 22.3. The van der Waals surface area contributed by atoms with E-state index in [2.05, 4.69) is 5.32 Å². The highest BCUT2D eigenvalue weighted by molar-refractivity contribution is 6.34. The highest BCUT2D eigenvalue weighted by Crippen LogP contribution is 2.24. The van der Waals surface area contributed by atoms with Gasteiger partial charge in [-0.1, -0.05) is 17.7 Å². The predicted molar refractivity (Wildman–Crippen MR) is 60.7 cm³/mol. The number of aromatic carboxylic acids is 1. The Bertz CT molecular complexity index is 432. The molecule has 1 amide bonds. The Balaban J connectivity index is 3.09. The van der Waals surface area contributed by atoms with Gasteiger partial charge in [0.25, 0.3) is 0 Å². The smallest absolute Gasteiger partial charge is 0.339 e. The highest BCUT2D eigenvalue weighted by atomic mass is 35.5. The number of carboxylic acid groups (broad SMARTS) is 1. The molecule has 0 radical (unpaired) electrons. The van der Waals surface area contributed by atoms with Crippen LogP contribution in [-0.4, -0.2) is 23.0 Å². The number of hydrogen-bond donors (Lipinski definition) is 3. The van der Waals surface area contributed by atoms with E-state index >= 15 is 0 Å². The summed E-state index contributed by atoms with van der Waals surface area (Å²) < 4.78 is 0. The quantitative estimate of drug-likeness (QED) is 0.745. The van der Waals surface area contributed by atoms with Crippen molar-refractivity contribution in [2.45, 2.75) is 13.0 Å². The fourth-order valence-electron chi connectivity index (χ4n) is 1.09. The number of anilines is 1. The van der Waals surface area contributed by atoms with Crippen molar-refractivity contribution >= 4 is 29.2 Å². The summed E-state index contributed by atoms with van der Waals surface area (Å²) in [5.41, 5.74) is 5.36. The Morgan fingerprint density at radius 1 is 1.50 bits per heavy atom. The molecule has 6 heteroatoms. The minimum absolute atomic E-state index is 0.0648. The maximum atomic E-state index is 11.3. The molecule has 1 aromatic carbocycles. The molecule has 0 bridgehead atoms. The molecule has 0 saturated heterocycles. The van der Waals surface area contributed by atoms with E-state index in [1.165, 1.54) is 19.1 Å². The van der Waals surface area contributed by atoms with Gasteiger partial charge in [-0.3, -0.25) is 4.79 Å². The van der Waals surface area contributed by atoms with Crippen LogP contribution in [-0.2, 0) is 4.79 Å². The molecular formula is C10H11ClN2O3. The molecule has 0 spiro atoms. The topological polar surface area (TPSA) is 92.4 Å². The lowest BCUT2D eigenvalue weighted by molar-refractivity contribution is -0.117. The number of carbonyl (C=O) groups is 2. The van der Waals surface area contributed by atoms with E-state index in [-0.39, 0.29) is 16.3 Å². The lowest BCUT2D eigenvalue weighted by Gasteiger charge is -2.11. The molecule has 1 rings (SSSR count). The third-order valence-corrected chi connectivity index (χ3v) is 2.21. The minimum Gasteiger partial charge on any atom is -0.478 e. The molecule has 1 atom stereocenters. The standard InChI is InChI=1S/C10H11ClN2O3/c1-5(12)9(14)13-7-4-2-3-6(11)8(7)10(15)16/h2-5H,12H2,1H3,(H,13,14)(H,15,16)/t5-/m1/s1. The van der Waals surface area contributed by atoms with Gasteiger partial charge in [0.1, 0.15) is 5.56 Å². The van der Waals surface area contributed by atoms with Crippen LogP contribution < -0.4 is 11.1 Å². The number of benzene rings is 1. The number of rotatable bonds is 3. The third kappa shape index (κ3) is 2.71. The Morgan fingerprint density at radius 3 is 2.62 bits per heavy atom. The first kappa shape index (κ1) is 12.5. The van der Waals surface area contributed by atoms with Gasteiger partial charge in [-0.15, -0.1) is 0 Å². The summed E-state index contributed by atoms with van der Waals surface area (Å²) in [6.07, 6.45) is 0. The summed E-state index contributed by atoms with van der Waals surface area (Å²) in [5, 5.41) is 11.4. The fraction of sp³-hybridized carbons (Fsp3) is 0.200. The molecule has 0 saturated carbocycles.